The van der Waals surface area contributed by atoms with Crippen LogP contribution in [0.3, 0.4) is 0 Å². The van der Waals surface area contributed by atoms with Gasteiger partial charge in [-0.25, -0.2) is 0 Å². The Morgan fingerprint density at radius 1 is 1.13 bits per heavy atom. The predicted molar refractivity (Wildman–Crippen MR) is 99.8 cm³/mol. The van der Waals surface area contributed by atoms with Gasteiger partial charge in [-0.1, -0.05) is 64.4 Å². The predicted octanol–water partition coefficient (Wildman–Crippen LogP) is 4.84. The molecule has 0 fully saturated rings. The van der Waals surface area contributed by atoms with Gasteiger partial charge in [0.15, 0.2) is 6.29 Å². The van der Waals surface area contributed by atoms with E-state index in [1.165, 1.54) is 11.1 Å². The highest BCUT2D eigenvalue weighted by atomic mass is 31.1. The zero-order valence-corrected chi connectivity index (χ0v) is 15.3. The summed E-state index contributed by atoms with van der Waals surface area (Å²) in [5.41, 5.74) is 3.29. The van der Waals surface area contributed by atoms with Crippen molar-refractivity contribution >= 4 is 20.2 Å². The van der Waals surface area contributed by atoms with E-state index >= 15 is 0 Å². The summed E-state index contributed by atoms with van der Waals surface area (Å²) in [6, 6.07) is 14.3. The maximum Gasteiger partial charge on any atom is 0.150 e. The minimum atomic E-state index is -0.00350. The highest BCUT2D eigenvalue weighted by Gasteiger charge is 2.32. The van der Waals surface area contributed by atoms with Crippen LogP contribution >= 0.6 is 8.58 Å². The minimum Gasteiger partial charge on any atom is -0.496 e. The van der Waals surface area contributed by atoms with E-state index in [0.717, 1.165) is 35.7 Å². The molecule has 0 aliphatic heterocycles. The number of carbonyl (C=O) groups excluding carboxylic acids is 1. The monoisotopic (exact) mass is 328 g/mol. The molecule has 0 aliphatic carbocycles. The van der Waals surface area contributed by atoms with E-state index in [1.807, 2.05) is 18.2 Å². The fourth-order valence-corrected chi connectivity index (χ4v) is 4.71. The van der Waals surface area contributed by atoms with Gasteiger partial charge in [0.1, 0.15) is 5.75 Å². The molecule has 3 heteroatoms. The van der Waals surface area contributed by atoms with Crippen LogP contribution < -0.4 is 10.0 Å². The molecule has 0 saturated heterocycles. The maximum atomic E-state index is 11.4. The third-order valence-electron chi connectivity index (χ3n) is 4.54. The number of hydrogen-bond donors (Lipinski definition) is 0. The number of aldehydes is 1. The Morgan fingerprint density at radius 2 is 1.83 bits per heavy atom. The van der Waals surface area contributed by atoms with Gasteiger partial charge in [-0.3, -0.25) is 4.79 Å². The van der Waals surface area contributed by atoms with Crippen molar-refractivity contribution < 1.29 is 9.53 Å². The second-order valence-electron chi connectivity index (χ2n) is 5.82. The summed E-state index contributed by atoms with van der Waals surface area (Å²) in [5, 5.41) is 1.13. The molecule has 0 N–H and O–H groups in total. The van der Waals surface area contributed by atoms with Crippen LogP contribution in [-0.4, -0.2) is 13.4 Å². The normalized spacial score (nSPS) is 11.8. The van der Waals surface area contributed by atoms with Gasteiger partial charge < -0.3 is 4.74 Å². The summed E-state index contributed by atoms with van der Waals surface area (Å²) in [6.45, 7) is 6.56. The highest BCUT2D eigenvalue weighted by Crippen LogP contribution is 2.50. The lowest BCUT2D eigenvalue weighted by atomic mass is 9.90. The molecule has 0 aromatic heterocycles. The van der Waals surface area contributed by atoms with Crippen LogP contribution in [0.4, 0.5) is 0 Å². The first kappa shape index (κ1) is 17.7. The van der Waals surface area contributed by atoms with E-state index in [4.69, 9.17) is 4.74 Å². The van der Waals surface area contributed by atoms with Crippen LogP contribution in [0.2, 0.25) is 0 Å². The molecule has 23 heavy (non-hydrogen) atoms. The van der Waals surface area contributed by atoms with Gasteiger partial charge in [0.25, 0.3) is 0 Å². The average molecular weight is 328 g/mol. The maximum absolute atomic E-state index is 11.4. The number of methoxy groups -OCH3 is 1. The van der Waals surface area contributed by atoms with Gasteiger partial charge in [0.05, 0.1) is 7.11 Å². The van der Waals surface area contributed by atoms with E-state index < -0.39 is 0 Å². The summed E-state index contributed by atoms with van der Waals surface area (Å²) in [4.78, 5) is 11.4. The molecular formula is C20H25O2P. The quantitative estimate of drug-likeness (QED) is 0.537. The number of carbonyl (C=O) groups is 1. The second kappa shape index (κ2) is 7.75. The Kier molecular flexibility index (Phi) is 5.96. The van der Waals surface area contributed by atoms with Crippen LogP contribution in [-0.2, 0) is 5.16 Å². The summed E-state index contributed by atoms with van der Waals surface area (Å²) < 4.78 is 5.64. The van der Waals surface area contributed by atoms with E-state index in [2.05, 4.69) is 45.0 Å². The molecule has 2 rings (SSSR count). The summed E-state index contributed by atoms with van der Waals surface area (Å²) >= 11 is 0. The van der Waals surface area contributed by atoms with Crippen LogP contribution in [0.1, 0.15) is 48.2 Å². The Morgan fingerprint density at radius 3 is 2.43 bits per heavy atom. The zero-order valence-electron chi connectivity index (χ0n) is 14.3. The SMILES string of the molecule is CCC(CC)(Pc1ccccc1C=O)c1cc(C)ccc1OC. The van der Waals surface area contributed by atoms with Crippen molar-refractivity contribution in [2.24, 2.45) is 0 Å². The van der Waals surface area contributed by atoms with E-state index in [-0.39, 0.29) is 5.16 Å². The Hall–Kier alpha value is -1.66. The molecule has 1 atom stereocenters. The van der Waals surface area contributed by atoms with E-state index in [9.17, 15) is 4.79 Å². The van der Waals surface area contributed by atoms with Gasteiger partial charge >= 0.3 is 0 Å². The molecule has 2 aromatic carbocycles. The Balaban J connectivity index is 2.56. The molecule has 2 nitrogen and oxygen atoms in total. The molecule has 0 saturated carbocycles. The van der Waals surface area contributed by atoms with Gasteiger partial charge in [0.2, 0.25) is 0 Å². The molecule has 1 unspecified atom stereocenters. The molecule has 0 heterocycles. The van der Waals surface area contributed by atoms with Crippen molar-refractivity contribution in [2.45, 2.75) is 38.8 Å². The molecular weight excluding hydrogens is 303 g/mol. The molecule has 0 spiro atoms. The molecule has 2 aromatic rings. The van der Waals surface area contributed by atoms with Crippen LogP contribution in [0.5, 0.6) is 5.75 Å². The van der Waals surface area contributed by atoms with Gasteiger partial charge in [0, 0.05) is 16.3 Å². The zero-order chi connectivity index (χ0) is 16.9. The van der Waals surface area contributed by atoms with Crippen molar-refractivity contribution in [3.63, 3.8) is 0 Å². The van der Waals surface area contributed by atoms with Crippen molar-refractivity contribution in [3.8, 4) is 5.75 Å². The van der Waals surface area contributed by atoms with Gasteiger partial charge in [-0.05, 0) is 31.1 Å². The first-order valence-corrected chi connectivity index (χ1v) is 9.07. The van der Waals surface area contributed by atoms with Crippen molar-refractivity contribution in [1.29, 1.82) is 0 Å². The van der Waals surface area contributed by atoms with Crippen LogP contribution in [0.15, 0.2) is 42.5 Å². The molecule has 0 aliphatic rings. The fraction of sp³-hybridized carbons (Fsp3) is 0.350. The summed E-state index contributed by atoms with van der Waals surface area (Å²) in [5.74, 6) is 0.940. The Bertz CT molecular complexity index is 675. The first-order chi connectivity index (χ1) is 11.1. The average Bonchev–Trinajstić information content (AvgIpc) is 2.60. The van der Waals surface area contributed by atoms with Gasteiger partial charge in [-0.15, -0.1) is 0 Å². The number of aryl methyl sites for hydroxylation is 1. The largest absolute Gasteiger partial charge is 0.496 e. The molecule has 0 radical (unpaired) electrons. The van der Waals surface area contributed by atoms with Crippen molar-refractivity contribution in [3.05, 3.63) is 59.2 Å². The van der Waals surface area contributed by atoms with Crippen molar-refractivity contribution in [2.75, 3.05) is 7.11 Å². The number of ether oxygens (including phenoxy) is 1. The standard InChI is InChI=1S/C20H25O2P/c1-5-20(6-2,17-13-15(3)11-12-18(17)22-4)23-19-10-8-7-9-16(19)14-21/h7-14,23H,5-6H2,1-4H3. The minimum absolute atomic E-state index is 0.00350. The molecule has 0 bridgehead atoms. The number of rotatable bonds is 7. The van der Waals surface area contributed by atoms with E-state index in [1.54, 1.807) is 7.11 Å². The number of benzene rings is 2. The molecule has 122 valence electrons. The lowest BCUT2D eigenvalue weighted by molar-refractivity contribution is 0.112. The van der Waals surface area contributed by atoms with E-state index in [0.29, 0.717) is 8.58 Å². The third-order valence-corrected chi connectivity index (χ3v) is 6.72. The van der Waals surface area contributed by atoms with Crippen LogP contribution in [0, 0.1) is 6.92 Å². The summed E-state index contributed by atoms with van der Waals surface area (Å²) in [6.07, 6.45) is 2.98. The molecule has 0 amide bonds. The lowest BCUT2D eigenvalue weighted by Gasteiger charge is -2.34. The van der Waals surface area contributed by atoms with Crippen molar-refractivity contribution in [1.82, 2.24) is 0 Å². The lowest BCUT2D eigenvalue weighted by Crippen LogP contribution is -2.23. The van der Waals surface area contributed by atoms with Gasteiger partial charge in [-0.2, -0.15) is 0 Å². The topological polar surface area (TPSA) is 26.3 Å². The number of hydrogen-bond acceptors (Lipinski definition) is 2. The third kappa shape index (κ3) is 3.64. The second-order valence-corrected chi connectivity index (χ2v) is 7.57. The van der Waals surface area contributed by atoms with Crippen LogP contribution in [0.25, 0.3) is 0 Å². The first-order valence-electron chi connectivity index (χ1n) is 8.07. The summed E-state index contributed by atoms with van der Waals surface area (Å²) in [7, 11) is 2.26. The Labute approximate surface area is 141 Å². The smallest absolute Gasteiger partial charge is 0.150 e. The fourth-order valence-electron chi connectivity index (χ4n) is 3.04. The highest BCUT2D eigenvalue weighted by molar-refractivity contribution is 7.48.